The number of carbonyl (C=O) groups is 2. The van der Waals surface area contributed by atoms with Crippen molar-refractivity contribution in [3.8, 4) is 17.2 Å². The van der Waals surface area contributed by atoms with Crippen LogP contribution < -0.4 is 18.9 Å². The Morgan fingerprint density at radius 1 is 0.969 bits per heavy atom. The van der Waals surface area contributed by atoms with Crippen LogP contribution in [0.1, 0.15) is 15.9 Å². The summed E-state index contributed by atoms with van der Waals surface area (Å²) in [6.45, 7) is 1.35. The third-order valence-electron chi connectivity index (χ3n) is 4.13. The van der Waals surface area contributed by atoms with Crippen molar-refractivity contribution in [1.29, 1.82) is 0 Å². The molecular weight excluding hydrogens is 446 g/mol. The highest BCUT2D eigenvalue weighted by Crippen LogP contribution is 2.35. The van der Waals surface area contributed by atoms with Crippen LogP contribution in [0, 0.1) is 6.92 Å². The van der Waals surface area contributed by atoms with Gasteiger partial charge in [0.05, 0.1) is 29.9 Å². The molecule has 2 rings (SSSR count). The van der Waals surface area contributed by atoms with Crippen molar-refractivity contribution in [3.63, 3.8) is 0 Å². The highest BCUT2D eigenvalue weighted by atomic mass is 32.2. The molecule has 0 radical (unpaired) electrons. The lowest BCUT2D eigenvalue weighted by Gasteiger charge is -2.16. The van der Waals surface area contributed by atoms with Gasteiger partial charge in [0, 0.05) is 19.2 Å². The van der Waals surface area contributed by atoms with E-state index >= 15 is 0 Å². The number of hydrogen-bond acceptors (Lipinski definition) is 8. The standard InChI is InChI=1S/C20H23NO10S/c1-12-8-13(4-5-16(12)31-11-19(22)23)32(26,27)21-15-10-18(30-7-6-28-2)17(29-3)9-14(15)20(24)25/h4-5,8-10,21H,6-7,11H2,1-3H3,(H,22,23)(H,24,25). The molecule has 12 heteroatoms. The predicted octanol–water partition coefficient (Wildman–Crippen LogP) is 1.99. The molecular formula is C20H23NO10S. The first kappa shape index (κ1) is 24.8. The van der Waals surface area contributed by atoms with Crippen LogP contribution in [0.15, 0.2) is 35.2 Å². The van der Waals surface area contributed by atoms with Crippen LogP contribution in [0.25, 0.3) is 0 Å². The topological polar surface area (TPSA) is 158 Å². The van der Waals surface area contributed by atoms with E-state index in [9.17, 15) is 23.1 Å². The molecule has 0 saturated carbocycles. The van der Waals surface area contributed by atoms with Crippen molar-refractivity contribution >= 4 is 27.6 Å². The summed E-state index contributed by atoms with van der Waals surface area (Å²) in [6, 6.07) is 6.17. The second kappa shape index (κ2) is 10.7. The molecule has 0 aliphatic carbocycles. The Hall–Kier alpha value is -3.51. The molecule has 0 aliphatic rings. The first-order valence-electron chi connectivity index (χ1n) is 9.14. The molecule has 2 aromatic rings. The average Bonchev–Trinajstić information content (AvgIpc) is 2.72. The highest BCUT2D eigenvalue weighted by molar-refractivity contribution is 7.92. The van der Waals surface area contributed by atoms with Crippen molar-refractivity contribution in [1.82, 2.24) is 0 Å². The maximum Gasteiger partial charge on any atom is 0.341 e. The van der Waals surface area contributed by atoms with Crippen molar-refractivity contribution in [2.24, 2.45) is 0 Å². The van der Waals surface area contributed by atoms with Crippen LogP contribution >= 0.6 is 0 Å². The zero-order valence-corrected chi connectivity index (χ0v) is 18.4. The molecule has 0 bridgehead atoms. The summed E-state index contributed by atoms with van der Waals surface area (Å²) in [5.74, 6) is -2.11. The molecule has 174 valence electrons. The van der Waals surface area contributed by atoms with E-state index in [-0.39, 0.29) is 46.6 Å². The summed E-state index contributed by atoms with van der Waals surface area (Å²) in [5.41, 5.74) is -0.192. The van der Waals surface area contributed by atoms with Gasteiger partial charge in [-0.25, -0.2) is 18.0 Å². The van der Waals surface area contributed by atoms with Crippen LogP contribution in [0.4, 0.5) is 5.69 Å². The van der Waals surface area contributed by atoms with Crippen molar-refractivity contribution < 1.29 is 47.2 Å². The highest BCUT2D eigenvalue weighted by Gasteiger charge is 2.22. The number of rotatable bonds is 12. The lowest BCUT2D eigenvalue weighted by Crippen LogP contribution is -2.17. The second-order valence-corrected chi connectivity index (χ2v) is 8.09. The Balaban J connectivity index is 2.40. The fourth-order valence-electron chi connectivity index (χ4n) is 2.62. The second-order valence-electron chi connectivity index (χ2n) is 6.41. The Morgan fingerprint density at radius 3 is 2.25 bits per heavy atom. The van der Waals surface area contributed by atoms with Crippen LogP contribution in [0.2, 0.25) is 0 Å². The van der Waals surface area contributed by atoms with E-state index in [4.69, 9.17) is 24.1 Å². The third kappa shape index (κ3) is 6.25. The van der Waals surface area contributed by atoms with E-state index < -0.39 is 28.6 Å². The summed E-state index contributed by atoms with van der Waals surface area (Å²) >= 11 is 0. The summed E-state index contributed by atoms with van der Waals surface area (Å²) in [6.07, 6.45) is 0. The van der Waals surface area contributed by atoms with Gasteiger partial charge in [0.15, 0.2) is 18.1 Å². The molecule has 0 amide bonds. The molecule has 0 saturated heterocycles. The van der Waals surface area contributed by atoms with E-state index in [0.29, 0.717) is 5.56 Å². The van der Waals surface area contributed by atoms with Crippen molar-refractivity contribution in [2.75, 3.05) is 38.8 Å². The molecule has 0 aromatic heterocycles. The smallest absolute Gasteiger partial charge is 0.341 e. The van der Waals surface area contributed by atoms with Crippen molar-refractivity contribution in [3.05, 3.63) is 41.5 Å². The van der Waals surface area contributed by atoms with Gasteiger partial charge in [-0.2, -0.15) is 0 Å². The summed E-state index contributed by atoms with van der Waals surface area (Å²) in [7, 11) is -1.40. The van der Waals surface area contributed by atoms with Crippen LogP contribution in [-0.4, -0.2) is 64.6 Å². The van der Waals surface area contributed by atoms with Gasteiger partial charge in [-0.15, -0.1) is 0 Å². The van der Waals surface area contributed by atoms with Crippen LogP contribution in [-0.2, 0) is 19.6 Å². The maximum absolute atomic E-state index is 12.9. The summed E-state index contributed by atoms with van der Waals surface area (Å²) in [5, 5.41) is 18.2. The Morgan fingerprint density at radius 2 is 1.69 bits per heavy atom. The number of anilines is 1. The lowest BCUT2D eigenvalue weighted by atomic mass is 10.1. The molecule has 2 aromatic carbocycles. The SMILES string of the molecule is COCCOc1cc(NS(=O)(=O)c2ccc(OCC(=O)O)c(C)c2)c(C(=O)O)cc1OC. The van der Waals surface area contributed by atoms with Gasteiger partial charge in [-0.1, -0.05) is 0 Å². The van der Waals surface area contributed by atoms with Gasteiger partial charge in [-0.05, 0) is 30.7 Å². The minimum atomic E-state index is -4.21. The summed E-state index contributed by atoms with van der Waals surface area (Å²) in [4.78, 5) is 22.2. The molecule has 0 atom stereocenters. The van der Waals surface area contributed by atoms with Crippen LogP contribution in [0.5, 0.6) is 17.2 Å². The normalized spacial score (nSPS) is 11.0. The molecule has 0 spiro atoms. The zero-order valence-electron chi connectivity index (χ0n) is 17.6. The first-order valence-corrected chi connectivity index (χ1v) is 10.6. The van der Waals surface area contributed by atoms with Gasteiger partial charge >= 0.3 is 11.9 Å². The molecule has 0 fully saturated rings. The minimum absolute atomic E-state index is 0.109. The first-order chi connectivity index (χ1) is 15.1. The number of aromatic carboxylic acids is 1. The van der Waals surface area contributed by atoms with Gasteiger partial charge in [0.1, 0.15) is 12.4 Å². The maximum atomic E-state index is 12.9. The molecule has 3 N–H and O–H groups in total. The number of methoxy groups -OCH3 is 2. The lowest BCUT2D eigenvalue weighted by molar-refractivity contribution is -0.139. The van der Waals surface area contributed by atoms with E-state index in [2.05, 4.69) is 4.72 Å². The molecule has 11 nitrogen and oxygen atoms in total. The van der Waals surface area contributed by atoms with Gasteiger partial charge in [0.25, 0.3) is 10.0 Å². The quantitative estimate of drug-likeness (QED) is 0.393. The molecule has 32 heavy (non-hydrogen) atoms. The van der Waals surface area contributed by atoms with E-state index in [1.54, 1.807) is 6.92 Å². The van der Waals surface area contributed by atoms with Gasteiger partial charge in [-0.3, -0.25) is 4.72 Å². The average molecular weight is 469 g/mol. The van der Waals surface area contributed by atoms with E-state index in [1.807, 2.05) is 0 Å². The molecule has 0 aliphatic heterocycles. The van der Waals surface area contributed by atoms with Gasteiger partial charge in [0.2, 0.25) is 0 Å². The van der Waals surface area contributed by atoms with E-state index in [1.165, 1.54) is 38.5 Å². The molecule has 0 unspecified atom stereocenters. The Bertz CT molecular complexity index is 1100. The van der Waals surface area contributed by atoms with Crippen LogP contribution in [0.3, 0.4) is 0 Å². The number of benzene rings is 2. The number of aliphatic carboxylic acids is 1. The zero-order chi connectivity index (χ0) is 23.9. The minimum Gasteiger partial charge on any atom is -0.493 e. The fraction of sp³-hybridized carbons (Fsp3) is 0.300. The number of sulfonamides is 1. The number of ether oxygens (including phenoxy) is 4. The van der Waals surface area contributed by atoms with Gasteiger partial charge < -0.3 is 29.2 Å². The Kier molecular flexibility index (Phi) is 8.27. The fourth-order valence-corrected chi connectivity index (χ4v) is 3.78. The van der Waals surface area contributed by atoms with E-state index in [0.717, 1.165) is 6.07 Å². The summed E-state index contributed by atoms with van der Waals surface area (Å²) < 4.78 is 48.7. The largest absolute Gasteiger partial charge is 0.493 e. The third-order valence-corrected chi connectivity index (χ3v) is 5.49. The number of carboxylic acid groups (broad SMARTS) is 2. The predicted molar refractivity (Wildman–Crippen MR) is 112 cm³/mol. The number of aryl methyl sites for hydroxylation is 1. The monoisotopic (exact) mass is 469 g/mol. The number of carboxylic acids is 2. The molecule has 0 heterocycles. The van der Waals surface area contributed by atoms with Crippen molar-refractivity contribution in [2.45, 2.75) is 11.8 Å². The Labute approximate surface area is 184 Å². The number of nitrogens with one attached hydrogen (secondary N) is 1. The number of hydrogen-bond donors (Lipinski definition) is 3.